The summed E-state index contributed by atoms with van der Waals surface area (Å²) >= 11 is 0. The van der Waals surface area contributed by atoms with E-state index in [1.54, 1.807) is 0 Å². The van der Waals surface area contributed by atoms with Crippen LogP contribution in [-0.4, -0.2) is 33.2 Å². The van der Waals surface area contributed by atoms with Crippen molar-refractivity contribution in [1.29, 1.82) is 0 Å². The predicted molar refractivity (Wildman–Crippen MR) is 67.0 cm³/mol. The van der Waals surface area contributed by atoms with Gasteiger partial charge in [0.2, 0.25) is 15.9 Å². The van der Waals surface area contributed by atoms with Crippen LogP contribution < -0.4 is 10.0 Å². The second kappa shape index (κ2) is 6.35. The van der Waals surface area contributed by atoms with Crippen molar-refractivity contribution in [3.63, 3.8) is 0 Å². The molecule has 5 nitrogen and oxygen atoms in total. The zero-order chi connectivity index (χ0) is 12.9. The number of carbonyl (C=O) groups is 1. The molecule has 0 aromatic heterocycles. The van der Waals surface area contributed by atoms with Gasteiger partial charge in [-0.05, 0) is 18.8 Å². The van der Waals surface area contributed by atoms with Crippen molar-refractivity contribution >= 4 is 15.9 Å². The number of nitrogens with one attached hydrogen (secondary N) is 2. The van der Waals surface area contributed by atoms with Gasteiger partial charge in [0.15, 0.2) is 0 Å². The van der Waals surface area contributed by atoms with Crippen LogP contribution in [0.2, 0.25) is 0 Å². The van der Waals surface area contributed by atoms with Gasteiger partial charge in [0, 0.05) is 19.0 Å². The number of hydrogen-bond donors (Lipinski definition) is 2. The van der Waals surface area contributed by atoms with E-state index in [0.29, 0.717) is 5.92 Å². The lowest BCUT2D eigenvalue weighted by Crippen LogP contribution is -2.39. The van der Waals surface area contributed by atoms with E-state index in [0.717, 1.165) is 25.5 Å². The van der Waals surface area contributed by atoms with E-state index in [2.05, 4.69) is 17.0 Å². The van der Waals surface area contributed by atoms with Gasteiger partial charge in [-0.1, -0.05) is 19.8 Å². The van der Waals surface area contributed by atoms with Crippen LogP contribution in [0.1, 0.15) is 39.0 Å². The summed E-state index contributed by atoms with van der Waals surface area (Å²) in [4.78, 5) is 11.6. The summed E-state index contributed by atoms with van der Waals surface area (Å²) in [7, 11) is -3.19. The third-order valence-corrected chi connectivity index (χ3v) is 3.75. The monoisotopic (exact) mass is 262 g/mol. The Bertz CT molecular complexity index is 354. The molecule has 0 bridgehead atoms. The van der Waals surface area contributed by atoms with Crippen LogP contribution in [-0.2, 0) is 14.8 Å². The third-order valence-electron chi connectivity index (χ3n) is 3.02. The number of hydrogen-bond acceptors (Lipinski definition) is 3. The Kier molecular flexibility index (Phi) is 5.39. The molecule has 6 heteroatoms. The third kappa shape index (κ3) is 6.63. The van der Waals surface area contributed by atoms with E-state index in [1.807, 2.05) is 0 Å². The number of sulfonamides is 1. The van der Waals surface area contributed by atoms with Gasteiger partial charge in [-0.3, -0.25) is 4.79 Å². The summed E-state index contributed by atoms with van der Waals surface area (Å²) in [5.74, 6) is 0.600. The summed E-state index contributed by atoms with van der Waals surface area (Å²) in [6, 6.07) is 0.268. The van der Waals surface area contributed by atoms with Crippen molar-refractivity contribution in [3.8, 4) is 0 Å². The maximum absolute atomic E-state index is 11.6. The molecule has 100 valence electrons. The lowest BCUT2D eigenvalue weighted by Gasteiger charge is -2.27. The Balaban J connectivity index is 2.20. The van der Waals surface area contributed by atoms with Crippen LogP contribution in [0.25, 0.3) is 0 Å². The minimum Gasteiger partial charge on any atom is -0.353 e. The largest absolute Gasteiger partial charge is 0.353 e. The van der Waals surface area contributed by atoms with Crippen LogP contribution >= 0.6 is 0 Å². The van der Waals surface area contributed by atoms with Crippen LogP contribution in [0.4, 0.5) is 0 Å². The zero-order valence-electron chi connectivity index (χ0n) is 10.5. The molecule has 2 atom stereocenters. The smallest absolute Gasteiger partial charge is 0.221 e. The molecule has 1 saturated carbocycles. The van der Waals surface area contributed by atoms with Crippen molar-refractivity contribution in [3.05, 3.63) is 0 Å². The Morgan fingerprint density at radius 3 is 2.65 bits per heavy atom. The molecule has 1 aliphatic carbocycles. The lowest BCUT2D eigenvalue weighted by atomic mass is 9.87. The number of amides is 1. The van der Waals surface area contributed by atoms with E-state index < -0.39 is 10.0 Å². The number of carbonyl (C=O) groups excluding carboxylic acids is 1. The Hall–Kier alpha value is -0.620. The molecule has 0 heterocycles. The van der Waals surface area contributed by atoms with Gasteiger partial charge in [0.05, 0.1) is 6.26 Å². The highest BCUT2D eigenvalue weighted by Gasteiger charge is 2.20. The summed E-state index contributed by atoms with van der Waals surface area (Å²) in [5.41, 5.74) is 0. The first kappa shape index (κ1) is 14.4. The quantitative estimate of drug-likeness (QED) is 0.762. The summed E-state index contributed by atoms with van der Waals surface area (Å²) in [5, 5.41) is 2.96. The van der Waals surface area contributed by atoms with Crippen molar-refractivity contribution in [2.75, 3.05) is 12.8 Å². The Morgan fingerprint density at radius 1 is 1.35 bits per heavy atom. The average Bonchev–Trinajstić information content (AvgIpc) is 2.15. The van der Waals surface area contributed by atoms with E-state index >= 15 is 0 Å². The molecule has 0 aromatic rings. The maximum atomic E-state index is 11.6. The van der Waals surface area contributed by atoms with Gasteiger partial charge < -0.3 is 5.32 Å². The van der Waals surface area contributed by atoms with Gasteiger partial charge in [0.1, 0.15) is 0 Å². The lowest BCUT2D eigenvalue weighted by molar-refractivity contribution is -0.121. The topological polar surface area (TPSA) is 75.3 Å². The molecule has 1 fully saturated rings. The second-order valence-corrected chi connectivity index (χ2v) is 6.79. The van der Waals surface area contributed by atoms with Gasteiger partial charge in [-0.2, -0.15) is 0 Å². The normalized spacial score (nSPS) is 25.5. The summed E-state index contributed by atoms with van der Waals surface area (Å²) in [6.45, 7) is 2.37. The molecule has 1 rings (SSSR count). The molecule has 0 spiro atoms. The van der Waals surface area contributed by atoms with E-state index in [1.165, 1.54) is 6.42 Å². The molecule has 1 aliphatic rings. The highest BCUT2D eigenvalue weighted by molar-refractivity contribution is 7.88. The summed E-state index contributed by atoms with van der Waals surface area (Å²) in [6.07, 6.45) is 5.77. The number of rotatable bonds is 5. The fourth-order valence-electron chi connectivity index (χ4n) is 2.22. The SMILES string of the molecule is C[C@H]1CCC[C@H](NC(=O)CCNS(C)(=O)=O)C1. The highest BCUT2D eigenvalue weighted by atomic mass is 32.2. The molecule has 17 heavy (non-hydrogen) atoms. The minimum absolute atomic E-state index is 0.0692. The first-order chi connectivity index (χ1) is 7.87. The fraction of sp³-hybridized carbons (Fsp3) is 0.909. The van der Waals surface area contributed by atoms with Gasteiger partial charge in [-0.15, -0.1) is 0 Å². The zero-order valence-corrected chi connectivity index (χ0v) is 11.3. The van der Waals surface area contributed by atoms with Crippen LogP contribution in [0.15, 0.2) is 0 Å². The van der Waals surface area contributed by atoms with Gasteiger partial charge in [0.25, 0.3) is 0 Å². The average molecular weight is 262 g/mol. The molecule has 1 amide bonds. The molecule has 0 unspecified atom stereocenters. The predicted octanol–water partition coefficient (Wildman–Crippen LogP) is 0.621. The van der Waals surface area contributed by atoms with Crippen molar-refractivity contribution in [2.24, 2.45) is 5.92 Å². The maximum Gasteiger partial charge on any atom is 0.221 e. The second-order valence-electron chi connectivity index (χ2n) is 4.95. The molecular weight excluding hydrogens is 240 g/mol. The van der Waals surface area contributed by atoms with Crippen molar-refractivity contribution < 1.29 is 13.2 Å². The Labute approximate surface area is 103 Å². The fourth-order valence-corrected chi connectivity index (χ4v) is 2.69. The van der Waals surface area contributed by atoms with E-state index in [4.69, 9.17) is 0 Å². The van der Waals surface area contributed by atoms with E-state index in [-0.39, 0.29) is 24.9 Å². The van der Waals surface area contributed by atoms with Crippen molar-refractivity contribution in [1.82, 2.24) is 10.0 Å². The minimum atomic E-state index is -3.19. The molecule has 0 radical (unpaired) electrons. The van der Waals surface area contributed by atoms with E-state index in [9.17, 15) is 13.2 Å². The standard InChI is InChI=1S/C11H22N2O3S/c1-9-4-3-5-10(8-9)13-11(14)6-7-12-17(2,15)16/h9-10,12H,3-8H2,1-2H3,(H,13,14)/t9-,10-/m0/s1. The highest BCUT2D eigenvalue weighted by Crippen LogP contribution is 2.23. The molecule has 0 aliphatic heterocycles. The van der Waals surface area contributed by atoms with Crippen LogP contribution in [0, 0.1) is 5.92 Å². The van der Waals surface area contributed by atoms with Crippen LogP contribution in [0.5, 0.6) is 0 Å². The van der Waals surface area contributed by atoms with Crippen LogP contribution in [0.3, 0.4) is 0 Å². The van der Waals surface area contributed by atoms with Crippen molar-refractivity contribution in [2.45, 2.75) is 45.1 Å². The molecule has 2 N–H and O–H groups in total. The Morgan fingerprint density at radius 2 is 2.06 bits per heavy atom. The summed E-state index contributed by atoms with van der Waals surface area (Å²) < 4.78 is 23.9. The molecular formula is C11H22N2O3S. The first-order valence-corrected chi connectivity index (χ1v) is 8.00. The molecule has 0 saturated heterocycles. The van der Waals surface area contributed by atoms with Gasteiger partial charge >= 0.3 is 0 Å². The van der Waals surface area contributed by atoms with Gasteiger partial charge in [-0.25, -0.2) is 13.1 Å². The first-order valence-electron chi connectivity index (χ1n) is 6.11. The molecule has 0 aromatic carbocycles.